The first-order valence-electron chi connectivity index (χ1n) is 10.7. The molecule has 0 unspecified atom stereocenters. The largest absolute Gasteiger partial charge is 0.506 e. The van der Waals surface area contributed by atoms with E-state index in [0.717, 1.165) is 62.9 Å². The predicted octanol–water partition coefficient (Wildman–Crippen LogP) is 2.54. The van der Waals surface area contributed by atoms with Gasteiger partial charge in [-0.1, -0.05) is 26.0 Å². The zero-order valence-corrected chi connectivity index (χ0v) is 18.1. The Balaban J connectivity index is 1.72. The summed E-state index contributed by atoms with van der Waals surface area (Å²) in [5, 5.41) is 18.3. The van der Waals surface area contributed by atoms with Crippen LogP contribution in [0, 0.1) is 0 Å². The van der Waals surface area contributed by atoms with Crippen molar-refractivity contribution in [2.24, 2.45) is 12.0 Å². The summed E-state index contributed by atoms with van der Waals surface area (Å²) in [5.41, 5.74) is 4.59. The molecule has 7 heteroatoms. The SMILES string of the molecule is CCNC(=NCc1c(CC)nn(C)c1CC)N1CCN(c2ccccc2O)CC1. The average Bonchev–Trinajstić information content (AvgIpc) is 3.06. The van der Waals surface area contributed by atoms with Gasteiger partial charge in [-0.15, -0.1) is 0 Å². The number of phenolic OH excluding ortho intramolecular Hbond substituents is 1. The minimum Gasteiger partial charge on any atom is -0.506 e. The fourth-order valence-corrected chi connectivity index (χ4v) is 4.04. The molecule has 2 aromatic rings. The molecule has 0 aliphatic carbocycles. The maximum Gasteiger partial charge on any atom is 0.194 e. The number of aryl methyl sites for hydroxylation is 2. The molecule has 2 N–H and O–H groups in total. The number of aliphatic imine (C=N–C) groups is 1. The molecule has 0 atom stereocenters. The van der Waals surface area contributed by atoms with Crippen LogP contribution in [-0.2, 0) is 26.4 Å². The number of aromatic nitrogens is 2. The van der Waals surface area contributed by atoms with Gasteiger partial charge in [-0.2, -0.15) is 5.10 Å². The molecule has 1 saturated heterocycles. The fraction of sp³-hybridized carbons (Fsp3) is 0.545. The molecular weight excluding hydrogens is 364 g/mol. The number of nitrogens with one attached hydrogen (secondary N) is 1. The van der Waals surface area contributed by atoms with Crippen LogP contribution in [-0.4, -0.2) is 58.5 Å². The molecule has 1 fully saturated rings. The van der Waals surface area contributed by atoms with Crippen LogP contribution in [0.2, 0.25) is 0 Å². The summed E-state index contributed by atoms with van der Waals surface area (Å²) in [5.74, 6) is 1.30. The number of phenols is 1. The van der Waals surface area contributed by atoms with E-state index in [1.807, 2.05) is 29.9 Å². The molecule has 7 nitrogen and oxygen atoms in total. The lowest BCUT2D eigenvalue weighted by Crippen LogP contribution is -2.52. The van der Waals surface area contributed by atoms with E-state index in [4.69, 9.17) is 4.99 Å². The Hall–Kier alpha value is -2.70. The van der Waals surface area contributed by atoms with E-state index in [0.29, 0.717) is 12.3 Å². The second kappa shape index (κ2) is 9.67. The van der Waals surface area contributed by atoms with Gasteiger partial charge in [0.1, 0.15) is 5.75 Å². The summed E-state index contributed by atoms with van der Waals surface area (Å²) in [7, 11) is 2.02. The minimum atomic E-state index is 0.345. The Morgan fingerprint density at radius 2 is 1.83 bits per heavy atom. The summed E-state index contributed by atoms with van der Waals surface area (Å²) in [6.45, 7) is 11.4. The van der Waals surface area contributed by atoms with Crippen LogP contribution in [0.3, 0.4) is 0 Å². The van der Waals surface area contributed by atoms with Gasteiger partial charge in [0, 0.05) is 51.0 Å². The standard InChI is InChI=1S/C22H34N6O/c1-5-18-17(19(6-2)26(4)25-18)16-24-22(23-7-3)28-14-12-27(13-15-28)20-10-8-9-11-21(20)29/h8-11,29H,5-7,12-16H2,1-4H3,(H,23,24). The number of anilines is 1. The van der Waals surface area contributed by atoms with E-state index in [9.17, 15) is 5.11 Å². The third kappa shape index (κ3) is 4.66. The van der Waals surface area contributed by atoms with Crippen LogP contribution in [0.15, 0.2) is 29.3 Å². The number of para-hydroxylation sites is 2. The lowest BCUT2D eigenvalue weighted by atomic mass is 10.1. The minimum absolute atomic E-state index is 0.345. The first kappa shape index (κ1) is 21.0. The molecule has 0 spiro atoms. The molecule has 0 radical (unpaired) electrons. The van der Waals surface area contributed by atoms with Crippen molar-refractivity contribution in [2.75, 3.05) is 37.6 Å². The molecule has 1 aliphatic heterocycles. The van der Waals surface area contributed by atoms with Gasteiger partial charge in [-0.05, 0) is 31.9 Å². The smallest absolute Gasteiger partial charge is 0.194 e. The van der Waals surface area contributed by atoms with Crippen molar-refractivity contribution >= 4 is 11.6 Å². The summed E-state index contributed by atoms with van der Waals surface area (Å²) in [6, 6.07) is 7.55. The topological polar surface area (TPSA) is 68.9 Å². The number of hydrogen-bond acceptors (Lipinski definition) is 4. The zero-order chi connectivity index (χ0) is 20.8. The molecule has 1 aliphatic rings. The normalized spacial score (nSPS) is 15.1. The molecule has 2 heterocycles. The lowest BCUT2D eigenvalue weighted by molar-refractivity contribution is 0.369. The Kier molecular flexibility index (Phi) is 7.01. The molecule has 0 bridgehead atoms. The van der Waals surface area contributed by atoms with Crippen molar-refractivity contribution in [2.45, 2.75) is 40.2 Å². The number of nitrogens with zero attached hydrogens (tertiary/aromatic N) is 5. The predicted molar refractivity (Wildman–Crippen MR) is 119 cm³/mol. The summed E-state index contributed by atoms with van der Waals surface area (Å²) in [6.07, 6.45) is 1.89. The second-order valence-electron chi connectivity index (χ2n) is 7.34. The molecule has 0 saturated carbocycles. The van der Waals surface area contributed by atoms with Crippen molar-refractivity contribution in [3.05, 3.63) is 41.2 Å². The quantitative estimate of drug-likeness (QED) is 0.578. The average molecular weight is 399 g/mol. The molecule has 29 heavy (non-hydrogen) atoms. The van der Waals surface area contributed by atoms with Gasteiger partial charge in [0.25, 0.3) is 0 Å². The zero-order valence-electron chi connectivity index (χ0n) is 18.1. The van der Waals surface area contributed by atoms with Crippen LogP contribution in [0.1, 0.15) is 37.7 Å². The van der Waals surface area contributed by atoms with E-state index in [1.54, 1.807) is 6.07 Å². The van der Waals surface area contributed by atoms with Gasteiger partial charge in [0.2, 0.25) is 0 Å². The highest BCUT2D eigenvalue weighted by atomic mass is 16.3. The fourth-order valence-electron chi connectivity index (χ4n) is 4.04. The molecule has 0 amide bonds. The van der Waals surface area contributed by atoms with E-state index in [2.05, 4.69) is 41.0 Å². The van der Waals surface area contributed by atoms with E-state index in [1.165, 1.54) is 11.3 Å². The van der Waals surface area contributed by atoms with E-state index in [-0.39, 0.29) is 0 Å². The number of guanidine groups is 1. The van der Waals surface area contributed by atoms with Crippen molar-refractivity contribution in [3.63, 3.8) is 0 Å². The van der Waals surface area contributed by atoms with E-state index >= 15 is 0 Å². The molecule has 158 valence electrons. The van der Waals surface area contributed by atoms with Gasteiger partial charge in [-0.25, -0.2) is 4.99 Å². The van der Waals surface area contributed by atoms with Crippen LogP contribution < -0.4 is 10.2 Å². The first-order chi connectivity index (χ1) is 14.1. The summed E-state index contributed by atoms with van der Waals surface area (Å²) in [4.78, 5) is 9.51. The van der Waals surface area contributed by atoms with Gasteiger partial charge in [0.15, 0.2) is 5.96 Å². The molecule has 1 aromatic carbocycles. The highest BCUT2D eigenvalue weighted by Crippen LogP contribution is 2.27. The van der Waals surface area contributed by atoms with Gasteiger partial charge in [-0.3, -0.25) is 4.68 Å². The maximum absolute atomic E-state index is 10.1. The highest BCUT2D eigenvalue weighted by molar-refractivity contribution is 5.80. The van der Waals surface area contributed by atoms with Crippen molar-refractivity contribution in [3.8, 4) is 5.75 Å². The van der Waals surface area contributed by atoms with E-state index < -0.39 is 0 Å². The van der Waals surface area contributed by atoms with Crippen molar-refractivity contribution in [1.82, 2.24) is 20.0 Å². The van der Waals surface area contributed by atoms with Gasteiger partial charge in [0.05, 0.1) is 17.9 Å². The monoisotopic (exact) mass is 398 g/mol. The summed E-state index contributed by atoms with van der Waals surface area (Å²) >= 11 is 0. The second-order valence-corrected chi connectivity index (χ2v) is 7.34. The third-order valence-electron chi connectivity index (χ3n) is 5.55. The van der Waals surface area contributed by atoms with Crippen LogP contribution >= 0.6 is 0 Å². The Morgan fingerprint density at radius 1 is 1.10 bits per heavy atom. The Labute approximate surface area is 174 Å². The number of piperazine rings is 1. The van der Waals surface area contributed by atoms with Crippen LogP contribution in [0.5, 0.6) is 5.75 Å². The summed E-state index contributed by atoms with van der Waals surface area (Å²) < 4.78 is 2.00. The maximum atomic E-state index is 10.1. The number of hydrogen-bond donors (Lipinski definition) is 2. The molecular formula is C22H34N6O. The lowest BCUT2D eigenvalue weighted by Gasteiger charge is -2.37. The van der Waals surface area contributed by atoms with Crippen molar-refractivity contribution < 1.29 is 5.11 Å². The molecule has 3 rings (SSSR count). The number of aromatic hydroxyl groups is 1. The third-order valence-corrected chi connectivity index (χ3v) is 5.55. The van der Waals surface area contributed by atoms with Crippen LogP contribution in [0.4, 0.5) is 5.69 Å². The highest BCUT2D eigenvalue weighted by Gasteiger charge is 2.22. The van der Waals surface area contributed by atoms with Crippen molar-refractivity contribution in [1.29, 1.82) is 0 Å². The van der Waals surface area contributed by atoms with Gasteiger partial charge >= 0.3 is 0 Å². The Bertz CT molecular complexity index is 836. The van der Waals surface area contributed by atoms with Crippen LogP contribution in [0.25, 0.3) is 0 Å². The first-order valence-corrected chi connectivity index (χ1v) is 10.7. The number of rotatable bonds is 6. The number of benzene rings is 1. The van der Waals surface area contributed by atoms with Gasteiger partial charge < -0.3 is 20.2 Å². The molecule has 1 aromatic heterocycles. The Morgan fingerprint density at radius 3 is 2.45 bits per heavy atom.